The molecule has 1 aromatic carbocycles. The van der Waals surface area contributed by atoms with E-state index in [1.165, 1.54) is 5.56 Å². The summed E-state index contributed by atoms with van der Waals surface area (Å²) in [5.41, 5.74) is 2.35. The van der Waals surface area contributed by atoms with Crippen molar-refractivity contribution < 1.29 is 9.15 Å². The van der Waals surface area contributed by atoms with Gasteiger partial charge < -0.3 is 9.15 Å². The highest BCUT2D eigenvalue weighted by atomic mass is 32.1. The maximum Gasteiger partial charge on any atom is 0.284 e. The molecule has 0 fully saturated rings. The summed E-state index contributed by atoms with van der Waals surface area (Å²) in [4.78, 5) is 0.320. The molecule has 0 amide bonds. The molecule has 0 atom stereocenters. The first-order chi connectivity index (χ1) is 8.65. The van der Waals surface area contributed by atoms with Crippen molar-refractivity contribution in [2.24, 2.45) is 0 Å². The van der Waals surface area contributed by atoms with Gasteiger partial charge in [0, 0.05) is 6.42 Å². The Kier molecular flexibility index (Phi) is 4.15. The van der Waals surface area contributed by atoms with E-state index >= 15 is 0 Å². The summed E-state index contributed by atoms with van der Waals surface area (Å²) in [6, 6.07) is 6.20. The highest BCUT2D eigenvalue weighted by molar-refractivity contribution is 7.71. The normalized spacial score (nSPS) is 10.6. The Bertz CT molecular complexity index is 574. The van der Waals surface area contributed by atoms with Gasteiger partial charge in [-0.1, -0.05) is 12.1 Å². The number of benzene rings is 1. The molecular formula is C13H16N2O2S. The molecule has 5 heteroatoms. The number of nitrogens with zero attached hydrogens (tertiary/aromatic N) is 1. The van der Waals surface area contributed by atoms with Crippen LogP contribution < -0.4 is 4.74 Å². The van der Waals surface area contributed by atoms with Gasteiger partial charge in [-0.15, -0.1) is 5.10 Å². The van der Waals surface area contributed by atoms with Crippen molar-refractivity contribution in [3.05, 3.63) is 40.1 Å². The summed E-state index contributed by atoms with van der Waals surface area (Å²) >= 11 is 4.80. The van der Waals surface area contributed by atoms with Gasteiger partial charge in [0.2, 0.25) is 5.89 Å². The second-order valence-corrected chi connectivity index (χ2v) is 4.60. The Morgan fingerprint density at radius 1 is 1.39 bits per heavy atom. The first-order valence-corrected chi connectivity index (χ1v) is 6.30. The summed E-state index contributed by atoms with van der Waals surface area (Å²) in [6.07, 6.45) is 1.56. The van der Waals surface area contributed by atoms with Crippen molar-refractivity contribution in [3.8, 4) is 5.75 Å². The molecule has 0 bridgehead atoms. The molecule has 18 heavy (non-hydrogen) atoms. The number of ether oxygens (including phenoxy) is 1. The van der Waals surface area contributed by atoms with Crippen LogP contribution in [-0.2, 0) is 6.42 Å². The molecule has 1 heterocycles. The fraction of sp³-hybridized carbons (Fsp3) is 0.385. The molecule has 2 aromatic rings. The smallest absolute Gasteiger partial charge is 0.284 e. The minimum absolute atomic E-state index is 0.320. The van der Waals surface area contributed by atoms with E-state index in [1.807, 2.05) is 6.92 Å². The molecule has 0 saturated heterocycles. The van der Waals surface area contributed by atoms with Crippen LogP contribution in [0.3, 0.4) is 0 Å². The third-order valence-corrected chi connectivity index (χ3v) is 2.79. The van der Waals surface area contributed by atoms with Crippen LogP contribution in [0.5, 0.6) is 5.75 Å². The minimum Gasteiger partial charge on any atom is -0.493 e. The van der Waals surface area contributed by atoms with E-state index in [-0.39, 0.29) is 0 Å². The Labute approximate surface area is 111 Å². The molecule has 0 aliphatic heterocycles. The van der Waals surface area contributed by atoms with Crippen LogP contribution >= 0.6 is 12.2 Å². The molecule has 0 aliphatic carbocycles. The maximum atomic E-state index is 5.74. The van der Waals surface area contributed by atoms with Crippen LogP contribution in [0.2, 0.25) is 0 Å². The molecule has 0 aliphatic rings. The van der Waals surface area contributed by atoms with Crippen molar-refractivity contribution in [2.45, 2.75) is 26.7 Å². The third-order valence-electron chi connectivity index (χ3n) is 2.62. The zero-order chi connectivity index (χ0) is 13.0. The lowest BCUT2D eigenvalue weighted by Gasteiger charge is -2.09. The number of hydrogen-bond donors (Lipinski definition) is 1. The molecular weight excluding hydrogens is 248 g/mol. The van der Waals surface area contributed by atoms with Gasteiger partial charge in [-0.3, -0.25) is 0 Å². The number of nitrogens with one attached hydrogen (secondary N) is 1. The van der Waals surface area contributed by atoms with E-state index in [0.29, 0.717) is 17.3 Å². The fourth-order valence-electron chi connectivity index (χ4n) is 1.64. The van der Waals surface area contributed by atoms with Crippen molar-refractivity contribution in [1.29, 1.82) is 0 Å². The second kappa shape index (κ2) is 5.82. The summed E-state index contributed by atoms with van der Waals surface area (Å²) in [5.74, 6) is 1.57. The van der Waals surface area contributed by atoms with Gasteiger partial charge in [-0.05, 0) is 49.7 Å². The highest BCUT2D eigenvalue weighted by Gasteiger charge is 2.02. The SMILES string of the molecule is Cc1ccc(C)c(OCCCc2n[nH]c(=S)o2)c1. The molecule has 1 aromatic heterocycles. The Hall–Kier alpha value is -1.62. The molecule has 4 nitrogen and oxygen atoms in total. The van der Waals surface area contributed by atoms with Gasteiger partial charge in [0.1, 0.15) is 5.75 Å². The monoisotopic (exact) mass is 264 g/mol. The lowest BCUT2D eigenvalue weighted by molar-refractivity contribution is 0.302. The van der Waals surface area contributed by atoms with Crippen molar-refractivity contribution in [2.75, 3.05) is 6.61 Å². The largest absolute Gasteiger partial charge is 0.493 e. The van der Waals surface area contributed by atoms with E-state index in [9.17, 15) is 0 Å². The number of aryl methyl sites for hydroxylation is 3. The van der Waals surface area contributed by atoms with Gasteiger partial charge in [-0.2, -0.15) is 0 Å². The van der Waals surface area contributed by atoms with Gasteiger partial charge in [0.25, 0.3) is 4.84 Å². The molecule has 1 N–H and O–H groups in total. The van der Waals surface area contributed by atoms with E-state index < -0.39 is 0 Å². The van der Waals surface area contributed by atoms with Crippen LogP contribution in [0.1, 0.15) is 23.4 Å². The molecule has 0 radical (unpaired) electrons. The number of rotatable bonds is 5. The first kappa shape index (κ1) is 12.8. The predicted molar refractivity (Wildman–Crippen MR) is 71.4 cm³/mol. The van der Waals surface area contributed by atoms with Gasteiger partial charge in [0.15, 0.2) is 0 Å². The average Bonchev–Trinajstić information content (AvgIpc) is 2.75. The topological polar surface area (TPSA) is 51.0 Å². The molecule has 0 saturated carbocycles. The van der Waals surface area contributed by atoms with E-state index in [1.54, 1.807) is 0 Å². The van der Waals surface area contributed by atoms with E-state index in [2.05, 4.69) is 35.3 Å². The summed E-state index contributed by atoms with van der Waals surface area (Å²) in [5, 5.41) is 6.54. The third kappa shape index (κ3) is 3.43. The number of aromatic amines is 1. The van der Waals surface area contributed by atoms with Crippen LogP contribution in [0.4, 0.5) is 0 Å². The average molecular weight is 264 g/mol. The Morgan fingerprint density at radius 2 is 2.22 bits per heavy atom. The number of aromatic nitrogens is 2. The zero-order valence-corrected chi connectivity index (χ0v) is 11.3. The lowest BCUT2D eigenvalue weighted by atomic mass is 10.1. The maximum absolute atomic E-state index is 5.74. The van der Waals surface area contributed by atoms with Crippen molar-refractivity contribution in [3.63, 3.8) is 0 Å². The summed E-state index contributed by atoms with van der Waals surface area (Å²) in [7, 11) is 0. The van der Waals surface area contributed by atoms with E-state index in [0.717, 1.165) is 24.2 Å². The van der Waals surface area contributed by atoms with Gasteiger partial charge >= 0.3 is 0 Å². The lowest BCUT2D eigenvalue weighted by Crippen LogP contribution is -2.01. The molecule has 0 unspecified atom stereocenters. The summed E-state index contributed by atoms with van der Waals surface area (Å²) in [6.45, 7) is 4.74. The quantitative estimate of drug-likeness (QED) is 0.664. The summed E-state index contributed by atoms with van der Waals surface area (Å²) < 4.78 is 10.9. The Balaban J connectivity index is 1.81. The second-order valence-electron chi connectivity index (χ2n) is 4.23. The fourth-order valence-corrected chi connectivity index (χ4v) is 1.78. The number of hydrogen-bond acceptors (Lipinski definition) is 4. The molecule has 2 rings (SSSR count). The van der Waals surface area contributed by atoms with Crippen LogP contribution in [0, 0.1) is 18.7 Å². The van der Waals surface area contributed by atoms with Crippen molar-refractivity contribution >= 4 is 12.2 Å². The van der Waals surface area contributed by atoms with Gasteiger partial charge in [0.05, 0.1) is 6.61 Å². The van der Waals surface area contributed by atoms with E-state index in [4.69, 9.17) is 21.4 Å². The Morgan fingerprint density at radius 3 is 2.94 bits per heavy atom. The predicted octanol–water partition coefficient (Wildman–Crippen LogP) is 3.36. The number of H-pyrrole nitrogens is 1. The highest BCUT2D eigenvalue weighted by Crippen LogP contribution is 2.19. The molecule has 96 valence electrons. The van der Waals surface area contributed by atoms with Crippen LogP contribution in [-0.4, -0.2) is 16.8 Å². The minimum atomic E-state index is 0.320. The molecule has 0 spiro atoms. The van der Waals surface area contributed by atoms with Crippen molar-refractivity contribution in [1.82, 2.24) is 10.2 Å². The van der Waals surface area contributed by atoms with Gasteiger partial charge in [-0.25, -0.2) is 5.10 Å². The van der Waals surface area contributed by atoms with Crippen LogP contribution in [0.15, 0.2) is 22.6 Å². The van der Waals surface area contributed by atoms with Crippen LogP contribution in [0.25, 0.3) is 0 Å². The zero-order valence-electron chi connectivity index (χ0n) is 10.5. The first-order valence-electron chi connectivity index (χ1n) is 5.89. The standard InChI is InChI=1S/C13H16N2O2S/c1-9-5-6-10(2)11(8-9)16-7-3-4-12-14-15-13(18)17-12/h5-6,8H,3-4,7H2,1-2H3,(H,15,18).